The van der Waals surface area contributed by atoms with Crippen molar-refractivity contribution in [2.45, 2.75) is 12.6 Å². The zero-order valence-electron chi connectivity index (χ0n) is 10.6. The molecule has 21 heavy (non-hydrogen) atoms. The molecule has 0 saturated carbocycles. The summed E-state index contributed by atoms with van der Waals surface area (Å²) in [5.74, 6) is -0.897. The van der Waals surface area contributed by atoms with Gasteiger partial charge < -0.3 is 11.1 Å². The summed E-state index contributed by atoms with van der Waals surface area (Å²) in [6.07, 6.45) is -4.36. The van der Waals surface area contributed by atoms with Crippen LogP contribution in [0.5, 0.6) is 0 Å². The van der Waals surface area contributed by atoms with E-state index in [9.17, 15) is 18.0 Å². The molecule has 5 N–H and O–H groups in total. The van der Waals surface area contributed by atoms with Crippen LogP contribution >= 0.6 is 0 Å². The van der Waals surface area contributed by atoms with E-state index in [1.165, 1.54) is 28.2 Å². The minimum absolute atomic E-state index is 0.0958. The fourth-order valence-electron chi connectivity index (χ4n) is 1.81. The van der Waals surface area contributed by atoms with Gasteiger partial charge in [0.05, 0.1) is 18.7 Å². The first kappa shape index (κ1) is 14.9. The lowest BCUT2D eigenvalue weighted by atomic mass is 10.3. The molecule has 1 amide bonds. The number of halogens is 3. The van der Waals surface area contributed by atoms with Crippen molar-refractivity contribution in [2.24, 2.45) is 0 Å². The number of carbonyl (C=O) groups is 1. The number of fused-ring (bicyclic) bond motifs is 1. The van der Waals surface area contributed by atoms with Crippen LogP contribution in [0.2, 0.25) is 0 Å². The molecule has 2 heterocycles. The number of hydrogen-bond donors (Lipinski definition) is 4. The van der Waals surface area contributed by atoms with Crippen molar-refractivity contribution >= 4 is 23.1 Å². The summed E-state index contributed by atoms with van der Waals surface area (Å²) in [7, 11) is 0. The predicted octanol–water partition coefficient (Wildman–Crippen LogP) is 0.939. The number of aromatic nitrogens is 2. The molecule has 0 bridgehead atoms. The second-order valence-corrected chi connectivity index (χ2v) is 4.28. The van der Waals surface area contributed by atoms with Crippen molar-refractivity contribution in [1.29, 1.82) is 0 Å². The van der Waals surface area contributed by atoms with E-state index in [2.05, 4.69) is 10.3 Å². The van der Waals surface area contributed by atoms with Crippen molar-refractivity contribution in [3.8, 4) is 0 Å². The number of pyridine rings is 1. The Bertz CT molecular complexity index is 668. The minimum Gasteiger partial charge on any atom is -0.398 e. The van der Waals surface area contributed by atoms with E-state index in [1.807, 2.05) is 0 Å². The van der Waals surface area contributed by atoms with Crippen LogP contribution in [-0.2, 0) is 11.2 Å². The second kappa shape index (κ2) is 5.48. The number of imidazole rings is 1. The molecule has 2 aromatic heterocycles. The summed E-state index contributed by atoms with van der Waals surface area (Å²) in [5, 5.41) is 10.8. The molecule has 2 aromatic rings. The van der Waals surface area contributed by atoms with E-state index in [0.717, 1.165) is 0 Å². The lowest BCUT2D eigenvalue weighted by molar-refractivity contribution is -0.128. The van der Waals surface area contributed by atoms with Gasteiger partial charge in [0.1, 0.15) is 11.5 Å². The summed E-state index contributed by atoms with van der Waals surface area (Å²) in [4.78, 5) is 14.9. The molecule has 0 radical (unpaired) electrons. The number of amides is 1. The molecular weight excluding hydrogens is 291 g/mol. The number of alkyl halides is 3. The number of rotatable bonds is 4. The van der Waals surface area contributed by atoms with Gasteiger partial charge in [0.25, 0.3) is 5.91 Å². The average molecular weight is 303 g/mol. The Morgan fingerprint density at radius 1 is 1.43 bits per heavy atom. The number of hydroxylamine groups is 1. The summed E-state index contributed by atoms with van der Waals surface area (Å²) >= 11 is 0. The third-order valence-electron chi connectivity index (χ3n) is 2.65. The Hall–Kier alpha value is -2.49. The molecule has 0 aliphatic carbocycles. The average Bonchev–Trinajstić information content (AvgIpc) is 2.72. The Morgan fingerprint density at radius 3 is 2.76 bits per heavy atom. The van der Waals surface area contributed by atoms with Crippen LogP contribution in [0.15, 0.2) is 18.3 Å². The maximum atomic E-state index is 12.7. The first-order valence-corrected chi connectivity index (χ1v) is 5.80. The normalized spacial score (nSPS) is 11.6. The summed E-state index contributed by atoms with van der Waals surface area (Å²) in [6.45, 7) is -0.416. The van der Waals surface area contributed by atoms with Gasteiger partial charge in [-0.3, -0.25) is 14.4 Å². The quantitative estimate of drug-likeness (QED) is 0.497. The minimum atomic E-state index is -4.45. The summed E-state index contributed by atoms with van der Waals surface area (Å²) in [5.41, 5.74) is 7.30. The van der Waals surface area contributed by atoms with Gasteiger partial charge in [0.2, 0.25) is 0 Å². The molecule has 0 aromatic carbocycles. The van der Waals surface area contributed by atoms with E-state index < -0.39 is 25.0 Å². The first-order chi connectivity index (χ1) is 9.80. The van der Waals surface area contributed by atoms with Crippen molar-refractivity contribution in [2.75, 3.05) is 17.6 Å². The van der Waals surface area contributed by atoms with E-state index in [1.54, 1.807) is 0 Å². The van der Waals surface area contributed by atoms with E-state index in [0.29, 0.717) is 0 Å². The van der Waals surface area contributed by atoms with Gasteiger partial charge >= 0.3 is 6.18 Å². The second-order valence-electron chi connectivity index (χ2n) is 4.28. The zero-order valence-corrected chi connectivity index (χ0v) is 10.6. The number of carbonyl (C=O) groups excluding carboxylic acids is 1. The highest BCUT2D eigenvalue weighted by Crippen LogP contribution is 2.27. The van der Waals surface area contributed by atoms with Gasteiger partial charge in [0.15, 0.2) is 0 Å². The van der Waals surface area contributed by atoms with Gasteiger partial charge in [-0.1, -0.05) is 0 Å². The highest BCUT2D eigenvalue weighted by molar-refractivity contribution is 5.79. The van der Waals surface area contributed by atoms with Crippen LogP contribution in [-0.4, -0.2) is 33.2 Å². The molecule has 2 rings (SSSR count). The highest BCUT2D eigenvalue weighted by Gasteiger charge is 2.31. The SMILES string of the molecule is Nc1ccc2nc(NCC(=O)NO)c(CC(F)(F)F)n2c1. The van der Waals surface area contributed by atoms with Crippen LogP contribution in [0.1, 0.15) is 5.69 Å². The highest BCUT2D eigenvalue weighted by atomic mass is 19.4. The Labute approximate surface area is 116 Å². The molecule has 0 atom stereocenters. The Kier molecular flexibility index (Phi) is 3.89. The Balaban J connectivity index is 2.42. The van der Waals surface area contributed by atoms with E-state index in [-0.39, 0.29) is 22.8 Å². The smallest absolute Gasteiger partial charge is 0.394 e. The van der Waals surface area contributed by atoms with Crippen LogP contribution < -0.4 is 16.5 Å². The number of nitrogens with one attached hydrogen (secondary N) is 2. The number of hydrogen-bond acceptors (Lipinski definition) is 5. The molecule has 0 fully saturated rings. The summed E-state index contributed by atoms with van der Waals surface area (Å²) < 4.78 is 39.2. The van der Waals surface area contributed by atoms with Gasteiger partial charge in [-0.15, -0.1) is 0 Å². The maximum Gasteiger partial charge on any atom is 0.394 e. The van der Waals surface area contributed by atoms with Crippen LogP contribution in [0.25, 0.3) is 5.65 Å². The number of nitrogens with zero attached hydrogens (tertiary/aromatic N) is 2. The first-order valence-electron chi connectivity index (χ1n) is 5.80. The van der Waals surface area contributed by atoms with Gasteiger partial charge in [-0.05, 0) is 12.1 Å². The van der Waals surface area contributed by atoms with Crippen molar-refractivity contribution in [3.05, 3.63) is 24.0 Å². The van der Waals surface area contributed by atoms with Crippen LogP contribution in [0.3, 0.4) is 0 Å². The Morgan fingerprint density at radius 2 is 2.14 bits per heavy atom. The molecule has 0 saturated heterocycles. The molecule has 10 heteroatoms. The van der Waals surface area contributed by atoms with Gasteiger partial charge in [-0.2, -0.15) is 13.2 Å². The third kappa shape index (κ3) is 3.54. The lowest BCUT2D eigenvalue weighted by Gasteiger charge is -2.09. The van der Waals surface area contributed by atoms with Crippen LogP contribution in [0, 0.1) is 0 Å². The molecule has 0 spiro atoms. The molecular formula is C11H12F3N5O2. The number of nitrogen functional groups attached to an aromatic ring is 1. The van der Waals surface area contributed by atoms with Crippen LogP contribution in [0.4, 0.5) is 24.7 Å². The predicted molar refractivity (Wildman–Crippen MR) is 67.8 cm³/mol. The standard InChI is InChI=1S/C11H12F3N5O2/c12-11(13,14)3-7-10(16-4-9(20)18-21)17-8-2-1-6(15)5-19(7)8/h1-2,5,16,21H,3-4,15H2,(H,18,20). The van der Waals surface area contributed by atoms with Crippen molar-refractivity contribution in [1.82, 2.24) is 14.9 Å². The zero-order chi connectivity index (χ0) is 15.6. The largest absolute Gasteiger partial charge is 0.398 e. The molecule has 7 nitrogen and oxygen atoms in total. The monoisotopic (exact) mass is 303 g/mol. The topological polar surface area (TPSA) is 105 Å². The maximum absolute atomic E-state index is 12.7. The molecule has 0 aliphatic heterocycles. The van der Waals surface area contributed by atoms with Gasteiger partial charge in [0, 0.05) is 11.9 Å². The number of nitrogens with two attached hydrogens (primary N) is 1. The fraction of sp³-hybridized carbons (Fsp3) is 0.273. The van der Waals surface area contributed by atoms with E-state index in [4.69, 9.17) is 10.9 Å². The van der Waals surface area contributed by atoms with Crippen molar-refractivity contribution < 1.29 is 23.2 Å². The fourth-order valence-corrected chi connectivity index (χ4v) is 1.81. The lowest BCUT2D eigenvalue weighted by Crippen LogP contribution is -2.27. The summed E-state index contributed by atoms with van der Waals surface area (Å²) in [6, 6.07) is 2.97. The van der Waals surface area contributed by atoms with Crippen molar-refractivity contribution in [3.63, 3.8) is 0 Å². The third-order valence-corrected chi connectivity index (χ3v) is 2.65. The molecule has 0 unspecified atom stereocenters. The molecule has 114 valence electrons. The van der Waals surface area contributed by atoms with E-state index >= 15 is 0 Å². The van der Waals surface area contributed by atoms with Gasteiger partial charge in [-0.25, -0.2) is 10.5 Å². The molecule has 0 aliphatic rings. The number of anilines is 2.